The molecule has 0 N–H and O–H groups in total. The smallest absolute Gasteiger partial charge is 0.185 e. The summed E-state index contributed by atoms with van der Waals surface area (Å²) in [5.74, 6) is 0.467. The van der Waals surface area contributed by atoms with E-state index in [0.717, 1.165) is 18.4 Å². The van der Waals surface area contributed by atoms with Crippen molar-refractivity contribution >= 4 is 0 Å². The van der Waals surface area contributed by atoms with E-state index in [1.807, 2.05) is 30.3 Å². The SMILES string of the molecule is FC1CC(c2ccccc2)n2nc(C(F)C3CC3)nc21. The number of nitrogens with zero attached hydrogens (tertiary/aromatic N) is 3. The minimum atomic E-state index is -1.16. The number of halogens is 2. The van der Waals surface area contributed by atoms with Crippen molar-refractivity contribution in [2.24, 2.45) is 5.92 Å². The molecule has 2 heterocycles. The van der Waals surface area contributed by atoms with Crippen molar-refractivity contribution in [2.45, 2.75) is 37.6 Å². The normalized spacial score (nSPS) is 26.5. The van der Waals surface area contributed by atoms with Crippen molar-refractivity contribution < 1.29 is 8.78 Å². The topological polar surface area (TPSA) is 30.7 Å². The maximum atomic E-state index is 14.1. The van der Waals surface area contributed by atoms with Crippen LogP contribution in [-0.2, 0) is 0 Å². The van der Waals surface area contributed by atoms with E-state index in [-0.39, 0.29) is 23.6 Å². The molecule has 0 spiro atoms. The van der Waals surface area contributed by atoms with Gasteiger partial charge in [-0.3, -0.25) is 0 Å². The van der Waals surface area contributed by atoms with E-state index in [2.05, 4.69) is 10.1 Å². The summed E-state index contributed by atoms with van der Waals surface area (Å²) in [5.41, 5.74) is 0.993. The fourth-order valence-electron chi connectivity index (χ4n) is 2.87. The molecule has 1 aromatic heterocycles. The predicted molar refractivity (Wildman–Crippen MR) is 69.6 cm³/mol. The van der Waals surface area contributed by atoms with E-state index >= 15 is 0 Å². The molecule has 1 fully saturated rings. The Labute approximate surface area is 115 Å². The summed E-state index contributed by atoms with van der Waals surface area (Å²) in [4.78, 5) is 4.11. The highest BCUT2D eigenvalue weighted by Gasteiger charge is 2.40. The van der Waals surface area contributed by atoms with Crippen molar-refractivity contribution in [3.63, 3.8) is 0 Å². The van der Waals surface area contributed by atoms with Crippen LogP contribution < -0.4 is 0 Å². The second-order valence-electron chi connectivity index (χ2n) is 5.64. The van der Waals surface area contributed by atoms with Crippen molar-refractivity contribution in [1.82, 2.24) is 14.8 Å². The fourth-order valence-corrected chi connectivity index (χ4v) is 2.87. The molecule has 1 saturated carbocycles. The molecule has 1 aromatic carbocycles. The second kappa shape index (κ2) is 4.36. The third-order valence-electron chi connectivity index (χ3n) is 4.15. The van der Waals surface area contributed by atoms with Crippen LogP contribution in [0.1, 0.15) is 54.9 Å². The van der Waals surface area contributed by atoms with Crippen LogP contribution in [0.4, 0.5) is 8.78 Å². The standard InChI is InChI=1S/C15H15F2N3/c16-11-8-12(9-4-2-1-3-5-9)20-15(11)18-14(19-20)13(17)10-6-7-10/h1-5,10-13H,6-8H2. The van der Waals surface area contributed by atoms with Gasteiger partial charge in [-0.1, -0.05) is 30.3 Å². The van der Waals surface area contributed by atoms with Crippen molar-refractivity contribution in [3.05, 3.63) is 47.5 Å². The molecule has 3 atom stereocenters. The zero-order valence-corrected chi connectivity index (χ0v) is 10.9. The Hall–Kier alpha value is -1.78. The molecule has 2 aromatic rings. The molecule has 1 aliphatic carbocycles. The number of hydrogen-bond donors (Lipinski definition) is 0. The second-order valence-corrected chi connectivity index (χ2v) is 5.64. The zero-order valence-electron chi connectivity index (χ0n) is 10.9. The number of fused-ring (bicyclic) bond motifs is 1. The highest BCUT2D eigenvalue weighted by Crippen LogP contribution is 2.45. The van der Waals surface area contributed by atoms with Gasteiger partial charge in [-0.25, -0.2) is 18.4 Å². The van der Waals surface area contributed by atoms with Gasteiger partial charge in [0.05, 0.1) is 6.04 Å². The first kappa shape index (κ1) is 12.0. The zero-order chi connectivity index (χ0) is 13.7. The van der Waals surface area contributed by atoms with Crippen molar-refractivity contribution in [1.29, 1.82) is 0 Å². The van der Waals surface area contributed by atoms with Crippen LogP contribution in [-0.4, -0.2) is 14.8 Å². The van der Waals surface area contributed by atoms with Gasteiger partial charge >= 0.3 is 0 Å². The minimum absolute atomic E-state index is 0.0337. The highest BCUT2D eigenvalue weighted by molar-refractivity contribution is 5.23. The molecule has 0 radical (unpaired) electrons. The van der Waals surface area contributed by atoms with Crippen molar-refractivity contribution in [2.75, 3.05) is 0 Å². The molecule has 3 unspecified atom stereocenters. The van der Waals surface area contributed by atoms with Gasteiger partial charge in [-0.15, -0.1) is 0 Å². The summed E-state index contributed by atoms with van der Waals surface area (Å²) in [6.07, 6.45) is -0.206. The number of alkyl halides is 2. The Morgan fingerprint density at radius 1 is 1.20 bits per heavy atom. The van der Waals surface area contributed by atoms with Gasteiger partial charge in [0.1, 0.15) is 0 Å². The van der Waals surface area contributed by atoms with Gasteiger partial charge in [-0.2, -0.15) is 5.10 Å². The molecule has 2 aliphatic rings. The van der Waals surface area contributed by atoms with E-state index in [1.165, 1.54) is 0 Å². The van der Waals surface area contributed by atoms with Crippen molar-refractivity contribution in [3.8, 4) is 0 Å². The molecule has 0 amide bonds. The maximum Gasteiger partial charge on any atom is 0.185 e. The van der Waals surface area contributed by atoms with Gasteiger partial charge in [0.25, 0.3) is 0 Å². The van der Waals surface area contributed by atoms with Crippen LogP contribution in [0.3, 0.4) is 0 Å². The van der Waals surface area contributed by atoms with E-state index < -0.39 is 12.3 Å². The summed E-state index contributed by atoms with van der Waals surface area (Å²) < 4.78 is 29.7. The molecule has 104 valence electrons. The monoisotopic (exact) mass is 275 g/mol. The van der Waals surface area contributed by atoms with Gasteiger partial charge in [-0.05, 0) is 24.3 Å². The lowest BCUT2D eigenvalue weighted by atomic mass is 10.0. The quantitative estimate of drug-likeness (QED) is 0.855. The summed E-state index contributed by atoms with van der Waals surface area (Å²) in [6.45, 7) is 0. The minimum Gasteiger partial charge on any atom is -0.239 e. The molecule has 20 heavy (non-hydrogen) atoms. The van der Waals surface area contributed by atoms with E-state index in [9.17, 15) is 8.78 Å². The van der Waals surface area contributed by atoms with Gasteiger partial charge < -0.3 is 0 Å². The molecule has 0 saturated heterocycles. The van der Waals surface area contributed by atoms with Gasteiger partial charge in [0.2, 0.25) is 0 Å². The average molecular weight is 275 g/mol. The lowest BCUT2D eigenvalue weighted by molar-refractivity contribution is 0.283. The third kappa shape index (κ3) is 1.84. The Balaban J connectivity index is 1.71. The Kier molecular flexibility index (Phi) is 2.62. The summed E-state index contributed by atoms with van der Waals surface area (Å²) in [7, 11) is 0. The fraction of sp³-hybridized carbons (Fsp3) is 0.467. The Bertz CT molecular complexity index is 621. The molecular weight excluding hydrogens is 260 g/mol. The first-order valence-electron chi connectivity index (χ1n) is 7.03. The molecule has 0 bridgehead atoms. The van der Waals surface area contributed by atoms with Crippen LogP contribution in [0, 0.1) is 5.92 Å². The van der Waals surface area contributed by atoms with Crippen LogP contribution >= 0.6 is 0 Å². The van der Waals surface area contributed by atoms with E-state index in [0.29, 0.717) is 6.42 Å². The van der Waals surface area contributed by atoms with Gasteiger partial charge in [0, 0.05) is 6.42 Å². The van der Waals surface area contributed by atoms with Crippen LogP contribution in [0.2, 0.25) is 0 Å². The van der Waals surface area contributed by atoms with Crippen LogP contribution in [0.5, 0.6) is 0 Å². The van der Waals surface area contributed by atoms with E-state index in [4.69, 9.17) is 0 Å². The number of aromatic nitrogens is 3. The lowest BCUT2D eigenvalue weighted by Crippen LogP contribution is -2.08. The average Bonchev–Trinajstić information content (AvgIpc) is 3.15. The lowest BCUT2D eigenvalue weighted by Gasteiger charge is -2.11. The summed E-state index contributed by atoms with van der Waals surface area (Å²) >= 11 is 0. The van der Waals surface area contributed by atoms with Crippen LogP contribution in [0.15, 0.2) is 30.3 Å². The number of rotatable bonds is 3. The maximum absolute atomic E-state index is 14.1. The molecule has 3 nitrogen and oxygen atoms in total. The summed E-state index contributed by atoms with van der Waals surface area (Å²) in [6, 6.07) is 9.47. The largest absolute Gasteiger partial charge is 0.239 e. The molecule has 1 aliphatic heterocycles. The first-order chi connectivity index (χ1) is 9.74. The predicted octanol–water partition coefficient (Wildman–Crippen LogP) is 3.70. The summed E-state index contributed by atoms with van der Waals surface area (Å²) in [5, 5.41) is 4.25. The molecular formula is C15H15F2N3. The Morgan fingerprint density at radius 3 is 2.65 bits per heavy atom. The number of hydrogen-bond acceptors (Lipinski definition) is 2. The third-order valence-corrected chi connectivity index (χ3v) is 4.15. The highest BCUT2D eigenvalue weighted by atomic mass is 19.1. The Morgan fingerprint density at radius 2 is 1.95 bits per heavy atom. The van der Waals surface area contributed by atoms with Gasteiger partial charge in [0.15, 0.2) is 24.0 Å². The first-order valence-corrected chi connectivity index (χ1v) is 7.03. The molecule has 4 rings (SSSR count). The van der Waals surface area contributed by atoms with E-state index in [1.54, 1.807) is 4.68 Å². The molecule has 5 heteroatoms. The van der Waals surface area contributed by atoms with Crippen LogP contribution in [0.25, 0.3) is 0 Å². The number of benzene rings is 1.